The molecule has 1 nitrogen and oxygen atoms in total. The third-order valence-corrected chi connectivity index (χ3v) is 4.66. The Kier molecular flexibility index (Phi) is 18.0. The highest BCUT2D eigenvalue weighted by Crippen LogP contribution is 2.16. The molecule has 0 aliphatic heterocycles. The molecular weight excluding hydrogens is 254 g/mol. The molecule has 0 aliphatic rings. The first kappa shape index (κ1) is 21.0. The van der Waals surface area contributed by atoms with Crippen molar-refractivity contribution in [2.75, 3.05) is 13.6 Å². The zero-order valence-electron chi connectivity index (χ0n) is 15.4. The molecule has 0 saturated carbocycles. The number of hydrogen-bond donors (Lipinski definition) is 1. The normalized spacial score (nSPS) is 12.7. The third kappa shape index (κ3) is 17.9. The van der Waals surface area contributed by atoms with E-state index in [-0.39, 0.29) is 0 Å². The molecule has 1 unspecified atom stereocenters. The molecule has 0 amide bonds. The van der Waals surface area contributed by atoms with Crippen LogP contribution in [-0.4, -0.2) is 13.6 Å². The van der Waals surface area contributed by atoms with Crippen LogP contribution in [0.3, 0.4) is 0 Å². The van der Waals surface area contributed by atoms with Gasteiger partial charge in [-0.3, -0.25) is 0 Å². The Labute approximate surface area is 135 Å². The molecular formula is C20H43N. The van der Waals surface area contributed by atoms with E-state index in [2.05, 4.69) is 19.2 Å². The van der Waals surface area contributed by atoms with E-state index in [1.165, 1.54) is 103 Å². The third-order valence-electron chi connectivity index (χ3n) is 4.66. The van der Waals surface area contributed by atoms with Crippen LogP contribution in [0.25, 0.3) is 0 Å². The summed E-state index contributed by atoms with van der Waals surface area (Å²) >= 11 is 0. The van der Waals surface area contributed by atoms with Crippen LogP contribution in [0.4, 0.5) is 0 Å². The average molecular weight is 298 g/mol. The fourth-order valence-corrected chi connectivity index (χ4v) is 3.20. The molecule has 0 radical (unpaired) electrons. The average Bonchev–Trinajstić information content (AvgIpc) is 2.48. The summed E-state index contributed by atoms with van der Waals surface area (Å²) in [5, 5.41) is 3.22. The lowest BCUT2D eigenvalue weighted by atomic mass is 9.98. The van der Waals surface area contributed by atoms with Crippen LogP contribution in [-0.2, 0) is 0 Å². The van der Waals surface area contributed by atoms with Gasteiger partial charge in [0, 0.05) is 0 Å². The van der Waals surface area contributed by atoms with Gasteiger partial charge < -0.3 is 5.32 Å². The zero-order chi connectivity index (χ0) is 15.6. The van der Waals surface area contributed by atoms with E-state index in [4.69, 9.17) is 0 Å². The lowest BCUT2D eigenvalue weighted by molar-refractivity contribution is 0.450. The van der Waals surface area contributed by atoms with Crippen LogP contribution in [0, 0.1) is 5.92 Å². The maximum atomic E-state index is 3.22. The minimum absolute atomic E-state index is 0.961. The van der Waals surface area contributed by atoms with Crippen LogP contribution in [0.2, 0.25) is 0 Å². The van der Waals surface area contributed by atoms with E-state index >= 15 is 0 Å². The van der Waals surface area contributed by atoms with Gasteiger partial charge in [-0.05, 0) is 25.9 Å². The molecule has 0 spiro atoms. The Morgan fingerprint density at radius 1 is 0.619 bits per heavy atom. The first-order valence-electron chi connectivity index (χ1n) is 9.95. The van der Waals surface area contributed by atoms with Gasteiger partial charge in [0.1, 0.15) is 0 Å². The van der Waals surface area contributed by atoms with Gasteiger partial charge in [0.05, 0.1) is 0 Å². The second-order valence-corrected chi connectivity index (χ2v) is 7.03. The van der Waals surface area contributed by atoms with Gasteiger partial charge in [-0.25, -0.2) is 0 Å². The molecule has 1 heteroatoms. The van der Waals surface area contributed by atoms with E-state index in [0.717, 1.165) is 5.92 Å². The molecule has 1 N–H and O–H groups in total. The van der Waals surface area contributed by atoms with Crippen LogP contribution in [0.1, 0.15) is 110 Å². The predicted octanol–water partition coefficient (Wildman–Crippen LogP) is 6.71. The SMILES string of the molecule is CCCC(C)CCCCCCCCCCCCCCNC. The highest BCUT2D eigenvalue weighted by molar-refractivity contribution is 4.54. The summed E-state index contributed by atoms with van der Waals surface area (Å²) in [5.74, 6) is 0.961. The van der Waals surface area contributed by atoms with E-state index in [1.807, 2.05) is 7.05 Å². The first-order valence-corrected chi connectivity index (χ1v) is 9.95. The Morgan fingerprint density at radius 2 is 1.05 bits per heavy atom. The Hall–Kier alpha value is -0.0400. The van der Waals surface area contributed by atoms with Gasteiger partial charge in [0.25, 0.3) is 0 Å². The van der Waals surface area contributed by atoms with Gasteiger partial charge in [-0.1, -0.05) is 104 Å². The van der Waals surface area contributed by atoms with Crippen molar-refractivity contribution in [3.8, 4) is 0 Å². The van der Waals surface area contributed by atoms with E-state index in [1.54, 1.807) is 0 Å². The maximum Gasteiger partial charge on any atom is -0.00519 e. The van der Waals surface area contributed by atoms with Crippen molar-refractivity contribution in [1.29, 1.82) is 0 Å². The molecule has 0 aromatic carbocycles. The molecule has 0 rings (SSSR count). The van der Waals surface area contributed by atoms with Crippen molar-refractivity contribution in [1.82, 2.24) is 5.32 Å². The van der Waals surface area contributed by atoms with Crippen molar-refractivity contribution in [3.63, 3.8) is 0 Å². The van der Waals surface area contributed by atoms with E-state index in [0.29, 0.717) is 0 Å². The second-order valence-electron chi connectivity index (χ2n) is 7.03. The second kappa shape index (κ2) is 18.0. The lowest BCUT2D eigenvalue weighted by Gasteiger charge is -2.09. The zero-order valence-corrected chi connectivity index (χ0v) is 15.4. The highest BCUT2D eigenvalue weighted by atomic mass is 14.8. The summed E-state index contributed by atoms with van der Waals surface area (Å²) in [5.41, 5.74) is 0. The molecule has 0 bridgehead atoms. The minimum atomic E-state index is 0.961. The summed E-state index contributed by atoms with van der Waals surface area (Å²) in [4.78, 5) is 0. The topological polar surface area (TPSA) is 12.0 Å². The summed E-state index contributed by atoms with van der Waals surface area (Å²) in [6.07, 6.45) is 21.7. The molecule has 0 saturated heterocycles. The minimum Gasteiger partial charge on any atom is -0.320 e. The standard InChI is InChI=1S/C20H43N/c1-4-17-20(2)18-15-13-11-9-7-5-6-8-10-12-14-16-19-21-3/h20-21H,4-19H2,1-3H3. The monoisotopic (exact) mass is 297 g/mol. The molecule has 128 valence electrons. The van der Waals surface area contributed by atoms with Crippen molar-refractivity contribution in [2.45, 2.75) is 110 Å². The van der Waals surface area contributed by atoms with Crippen LogP contribution in [0.5, 0.6) is 0 Å². The molecule has 0 heterocycles. The molecule has 0 aromatic heterocycles. The van der Waals surface area contributed by atoms with Gasteiger partial charge >= 0.3 is 0 Å². The smallest absolute Gasteiger partial charge is 0.00519 e. The molecule has 0 aromatic rings. The molecule has 1 atom stereocenters. The number of unbranched alkanes of at least 4 members (excludes halogenated alkanes) is 11. The van der Waals surface area contributed by atoms with Gasteiger partial charge in [-0.15, -0.1) is 0 Å². The van der Waals surface area contributed by atoms with Crippen LogP contribution in [0.15, 0.2) is 0 Å². The molecule has 0 fully saturated rings. The maximum absolute atomic E-state index is 3.22. The molecule has 0 aliphatic carbocycles. The Bertz CT molecular complexity index is 179. The fourth-order valence-electron chi connectivity index (χ4n) is 3.20. The van der Waals surface area contributed by atoms with Crippen molar-refractivity contribution < 1.29 is 0 Å². The number of hydrogen-bond acceptors (Lipinski definition) is 1. The van der Waals surface area contributed by atoms with Crippen LogP contribution < -0.4 is 5.32 Å². The van der Waals surface area contributed by atoms with E-state index < -0.39 is 0 Å². The van der Waals surface area contributed by atoms with Gasteiger partial charge in [-0.2, -0.15) is 0 Å². The summed E-state index contributed by atoms with van der Waals surface area (Å²) in [6, 6.07) is 0. The van der Waals surface area contributed by atoms with Gasteiger partial charge in [0.2, 0.25) is 0 Å². The number of rotatable bonds is 17. The Morgan fingerprint density at radius 3 is 1.48 bits per heavy atom. The predicted molar refractivity (Wildman–Crippen MR) is 98.0 cm³/mol. The highest BCUT2D eigenvalue weighted by Gasteiger charge is 2.00. The number of nitrogens with one attached hydrogen (secondary N) is 1. The van der Waals surface area contributed by atoms with Crippen molar-refractivity contribution >= 4 is 0 Å². The van der Waals surface area contributed by atoms with Gasteiger partial charge in [0.15, 0.2) is 0 Å². The summed E-state index contributed by atoms with van der Waals surface area (Å²) in [7, 11) is 2.05. The van der Waals surface area contributed by atoms with Crippen molar-refractivity contribution in [2.24, 2.45) is 5.92 Å². The van der Waals surface area contributed by atoms with Crippen LogP contribution >= 0.6 is 0 Å². The quantitative estimate of drug-likeness (QED) is 0.294. The fraction of sp³-hybridized carbons (Fsp3) is 1.00. The van der Waals surface area contributed by atoms with Crippen molar-refractivity contribution in [3.05, 3.63) is 0 Å². The largest absolute Gasteiger partial charge is 0.320 e. The first-order chi connectivity index (χ1) is 10.3. The summed E-state index contributed by atoms with van der Waals surface area (Å²) in [6.45, 7) is 5.92. The summed E-state index contributed by atoms with van der Waals surface area (Å²) < 4.78 is 0. The molecule has 21 heavy (non-hydrogen) atoms. The Balaban J connectivity index is 2.99. The van der Waals surface area contributed by atoms with E-state index in [9.17, 15) is 0 Å². The lowest BCUT2D eigenvalue weighted by Crippen LogP contribution is -2.06.